The number of hydrogen-bond donors (Lipinski definition) is 2. The largest absolute Gasteiger partial charge is 0.353 e. The van der Waals surface area contributed by atoms with Crippen LogP contribution in [0.2, 0.25) is 30.1 Å². The molecule has 30 heavy (non-hydrogen) atoms. The monoisotopic (exact) mass is 516 g/mol. The Morgan fingerprint density at radius 1 is 0.533 bits per heavy atom. The van der Waals surface area contributed by atoms with E-state index in [1.807, 2.05) is 0 Å². The highest BCUT2D eigenvalue weighted by molar-refractivity contribution is 6.48. The summed E-state index contributed by atoms with van der Waals surface area (Å²) in [4.78, 5) is 32.5. The third kappa shape index (κ3) is 2.76. The lowest BCUT2D eigenvalue weighted by molar-refractivity contribution is 1.46. The molecule has 0 bridgehead atoms. The molecule has 0 aliphatic rings. The van der Waals surface area contributed by atoms with Gasteiger partial charge < -0.3 is 9.97 Å². The summed E-state index contributed by atoms with van der Waals surface area (Å²) in [5, 5.41) is 1.89. The molecule has 0 fully saturated rings. The standard InChI is InChI=1S/C20H6Cl6N2O2/c21-7-4-10(24)18-13(15(7)25)19(29)5-1-11-6(2-12(5)28-18)20(30)14-16(26)8(22)3-9(23)17(14)27-11/h1-4H,(H,27,30)(H,28,29). The lowest BCUT2D eigenvalue weighted by Gasteiger charge is -2.10. The Bertz CT molecular complexity index is 1580. The van der Waals surface area contributed by atoms with Crippen molar-refractivity contribution in [3.63, 3.8) is 0 Å². The van der Waals surface area contributed by atoms with Gasteiger partial charge in [-0.3, -0.25) is 9.59 Å². The van der Waals surface area contributed by atoms with Gasteiger partial charge in [-0.2, -0.15) is 0 Å². The summed E-state index contributed by atoms with van der Waals surface area (Å²) in [5.74, 6) is 0. The summed E-state index contributed by atoms with van der Waals surface area (Å²) >= 11 is 37.2. The van der Waals surface area contributed by atoms with Crippen molar-refractivity contribution in [2.24, 2.45) is 0 Å². The Kier molecular flexibility index (Phi) is 4.67. The average molecular weight is 519 g/mol. The second kappa shape index (κ2) is 6.92. The van der Waals surface area contributed by atoms with Crippen molar-refractivity contribution >= 4 is 113 Å². The number of aromatic nitrogens is 2. The van der Waals surface area contributed by atoms with Crippen molar-refractivity contribution in [3.05, 3.63) is 74.8 Å². The van der Waals surface area contributed by atoms with E-state index in [1.54, 1.807) is 12.1 Å². The number of aromatic amines is 2. The Morgan fingerprint density at radius 3 is 1.27 bits per heavy atom. The van der Waals surface area contributed by atoms with Gasteiger partial charge in [0.2, 0.25) is 0 Å². The number of nitrogens with one attached hydrogen (secondary N) is 2. The molecule has 2 heterocycles. The van der Waals surface area contributed by atoms with Crippen LogP contribution in [0.25, 0.3) is 43.6 Å². The molecule has 0 amide bonds. The summed E-state index contributed by atoms with van der Waals surface area (Å²) in [5.41, 5.74) is 0.685. The van der Waals surface area contributed by atoms with Crippen LogP contribution in [0, 0.1) is 0 Å². The summed E-state index contributed by atoms with van der Waals surface area (Å²) in [7, 11) is 0. The third-order valence-electron chi connectivity index (χ3n) is 4.96. The van der Waals surface area contributed by atoms with Crippen LogP contribution in [0.1, 0.15) is 0 Å². The Labute approximate surface area is 197 Å². The van der Waals surface area contributed by atoms with Crippen molar-refractivity contribution < 1.29 is 0 Å². The van der Waals surface area contributed by atoms with E-state index in [1.165, 1.54) is 12.1 Å². The van der Waals surface area contributed by atoms with Crippen LogP contribution < -0.4 is 10.9 Å². The minimum atomic E-state index is -0.378. The van der Waals surface area contributed by atoms with Gasteiger partial charge in [-0.1, -0.05) is 69.6 Å². The molecule has 0 saturated carbocycles. The molecule has 10 heteroatoms. The molecule has 0 saturated heterocycles. The van der Waals surface area contributed by atoms with Gasteiger partial charge >= 0.3 is 0 Å². The first-order valence-electron chi connectivity index (χ1n) is 8.35. The zero-order valence-electron chi connectivity index (χ0n) is 14.4. The molecule has 0 atom stereocenters. The van der Waals surface area contributed by atoms with Gasteiger partial charge in [0.1, 0.15) is 0 Å². The summed E-state index contributed by atoms with van der Waals surface area (Å²) in [6.45, 7) is 0. The molecule has 3 aromatic carbocycles. The van der Waals surface area contributed by atoms with E-state index in [0.29, 0.717) is 32.8 Å². The molecule has 0 unspecified atom stereocenters. The molecular weight excluding hydrogens is 513 g/mol. The van der Waals surface area contributed by atoms with E-state index in [9.17, 15) is 9.59 Å². The zero-order valence-corrected chi connectivity index (χ0v) is 18.9. The van der Waals surface area contributed by atoms with Crippen LogP contribution in [0.15, 0.2) is 33.9 Å². The van der Waals surface area contributed by atoms with E-state index in [4.69, 9.17) is 69.6 Å². The minimum absolute atomic E-state index is 0.0933. The fourth-order valence-corrected chi connectivity index (χ4v) is 5.07. The first kappa shape index (κ1) is 20.3. The molecule has 5 aromatic rings. The highest BCUT2D eigenvalue weighted by Gasteiger charge is 2.18. The van der Waals surface area contributed by atoms with Gasteiger partial charge in [-0.25, -0.2) is 0 Å². The van der Waals surface area contributed by atoms with Crippen LogP contribution >= 0.6 is 69.6 Å². The van der Waals surface area contributed by atoms with Crippen LogP contribution in [0.4, 0.5) is 0 Å². The van der Waals surface area contributed by atoms with Crippen LogP contribution in [0.3, 0.4) is 0 Å². The smallest absolute Gasteiger partial charge is 0.198 e. The number of fused-ring (bicyclic) bond motifs is 4. The number of hydrogen-bond acceptors (Lipinski definition) is 2. The predicted octanol–water partition coefficient (Wildman–Crippen LogP) is 7.60. The Morgan fingerprint density at radius 2 is 0.900 bits per heavy atom. The van der Waals surface area contributed by atoms with E-state index in [0.717, 1.165) is 0 Å². The van der Waals surface area contributed by atoms with Crippen molar-refractivity contribution in [2.45, 2.75) is 0 Å². The van der Waals surface area contributed by atoms with Crippen molar-refractivity contribution in [3.8, 4) is 0 Å². The second-order valence-corrected chi connectivity index (χ2v) is 9.04. The summed E-state index contributed by atoms with van der Waals surface area (Å²) in [6.07, 6.45) is 0. The molecule has 150 valence electrons. The summed E-state index contributed by atoms with van der Waals surface area (Å²) in [6, 6.07) is 5.99. The molecule has 2 N–H and O–H groups in total. The number of rotatable bonds is 0. The van der Waals surface area contributed by atoms with E-state index >= 15 is 0 Å². The van der Waals surface area contributed by atoms with Gasteiger partial charge in [0.15, 0.2) is 10.9 Å². The number of benzene rings is 3. The highest BCUT2D eigenvalue weighted by Crippen LogP contribution is 2.36. The molecular formula is C20H6Cl6N2O2. The zero-order chi connectivity index (χ0) is 21.5. The number of halogens is 6. The third-order valence-corrected chi connectivity index (χ3v) is 7.13. The maximum absolute atomic E-state index is 13.2. The van der Waals surface area contributed by atoms with E-state index in [2.05, 4.69) is 9.97 Å². The average Bonchev–Trinajstić information content (AvgIpc) is 2.69. The SMILES string of the molecule is O=c1c2cc3[nH]c4c(Cl)cc(Cl)c(Cl)c4c(=O)c3cc2[nH]c2c(Cl)cc(Cl)c(Cl)c12. The highest BCUT2D eigenvalue weighted by atomic mass is 35.5. The maximum Gasteiger partial charge on any atom is 0.198 e. The first-order chi connectivity index (χ1) is 14.2. The second-order valence-electron chi connectivity index (χ2n) is 6.66. The van der Waals surface area contributed by atoms with E-state index in [-0.39, 0.29) is 51.8 Å². The quantitative estimate of drug-likeness (QED) is 0.164. The summed E-state index contributed by atoms with van der Waals surface area (Å²) < 4.78 is 0. The predicted molar refractivity (Wildman–Crippen MR) is 128 cm³/mol. The van der Waals surface area contributed by atoms with Crippen LogP contribution in [-0.4, -0.2) is 9.97 Å². The van der Waals surface area contributed by atoms with Crippen molar-refractivity contribution in [1.29, 1.82) is 0 Å². The van der Waals surface area contributed by atoms with Gasteiger partial charge in [-0.15, -0.1) is 0 Å². The Hall–Kier alpha value is -1.66. The van der Waals surface area contributed by atoms with Crippen LogP contribution in [-0.2, 0) is 0 Å². The molecule has 5 rings (SSSR count). The molecule has 0 spiro atoms. The van der Waals surface area contributed by atoms with Gasteiger partial charge in [0.25, 0.3) is 0 Å². The number of pyridine rings is 2. The fraction of sp³-hybridized carbons (Fsp3) is 0. The lowest BCUT2D eigenvalue weighted by atomic mass is 10.1. The van der Waals surface area contributed by atoms with Gasteiger partial charge in [0, 0.05) is 10.8 Å². The van der Waals surface area contributed by atoms with Gasteiger partial charge in [0.05, 0.1) is 63.0 Å². The van der Waals surface area contributed by atoms with Gasteiger partial charge in [-0.05, 0) is 24.3 Å². The lowest BCUT2D eigenvalue weighted by Crippen LogP contribution is -2.09. The Balaban J connectivity index is 2.04. The van der Waals surface area contributed by atoms with Crippen molar-refractivity contribution in [2.75, 3.05) is 0 Å². The molecule has 0 radical (unpaired) electrons. The van der Waals surface area contributed by atoms with Crippen molar-refractivity contribution in [1.82, 2.24) is 9.97 Å². The number of H-pyrrole nitrogens is 2. The maximum atomic E-state index is 13.2. The minimum Gasteiger partial charge on any atom is -0.353 e. The fourth-order valence-electron chi connectivity index (χ4n) is 3.58. The van der Waals surface area contributed by atoms with E-state index < -0.39 is 0 Å². The topological polar surface area (TPSA) is 65.7 Å². The van der Waals surface area contributed by atoms with Crippen LogP contribution in [0.5, 0.6) is 0 Å². The molecule has 4 nitrogen and oxygen atoms in total. The molecule has 0 aliphatic heterocycles. The molecule has 0 aliphatic carbocycles. The molecule has 2 aromatic heterocycles. The first-order valence-corrected chi connectivity index (χ1v) is 10.6. The normalized spacial score (nSPS) is 11.9.